The van der Waals surface area contributed by atoms with Crippen molar-refractivity contribution in [1.82, 2.24) is 15.6 Å². The van der Waals surface area contributed by atoms with Crippen LogP contribution in [0.2, 0.25) is 0 Å². The molecule has 3 rings (SSSR count). The van der Waals surface area contributed by atoms with E-state index in [9.17, 15) is 0 Å². The predicted octanol–water partition coefficient (Wildman–Crippen LogP) is 3.52. The standard InChI is InChI=1S/C19H25N5OS/c1-5-20-18(21-10-14-12-26-19(23-14)24(3)4)22-11-17-13(2)15-8-6-7-9-16(15)25-17/h6-9,12H,5,10-11H2,1-4H3,(H2,20,21,22). The maximum absolute atomic E-state index is 5.96. The SMILES string of the molecule is CCNC(=NCc1csc(N(C)C)n1)NCc1oc2ccccc2c1C. The van der Waals surface area contributed by atoms with E-state index in [0.717, 1.165) is 40.1 Å². The molecule has 6 nitrogen and oxygen atoms in total. The molecule has 138 valence electrons. The Bertz CT molecular complexity index is 896. The Morgan fingerprint density at radius 1 is 1.27 bits per heavy atom. The van der Waals surface area contributed by atoms with Crippen LogP contribution in [0.3, 0.4) is 0 Å². The molecule has 0 spiro atoms. The van der Waals surface area contributed by atoms with Crippen LogP contribution >= 0.6 is 11.3 Å². The largest absolute Gasteiger partial charge is 0.459 e. The van der Waals surface area contributed by atoms with Crippen molar-refractivity contribution in [2.45, 2.75) is 26.9 Å². The van der Waals surface area contributed by atoms with Gasteiger partial charge in [0.2, 0.25) is 0 Å². The zero-order chi connectivity index (χ0) is 18.5. The zero-order valence-electron chi connectivity index (χ0n) is 15.7. The number of furan rings is 1. The quantitative estimate of drug-likeness (QED) is 0.513. The number of benzene rings is 1. The van der Waals surface area contributed by atoms with Gasteiger partial charge in [-0.3, -0.25) is 0 Å². The summed E-state index contributed by atoms with van der Waals surface area (Å²) in [6.07, 6.45) is 0. The maximum Gasteiger partial charge on any atom is 0.192 e. The number of para-hydroxylation sites is 1. The molecular weight excluding hydrogens is 346 g/mol. The number of aromatic nitrogens is 1. The molecule has 0 unspecified atom stereocenters. The lowest BCUT2D eigenvalue weighted by molar-refractivity contribution is 0.534. The van der Waals surface area contributed by atoms with E-state index >= 15 is 0 Å². The second kappa shape index (κ2) is 8.23. The molecule has 0 bridgehead atoms. The van der Waals surface area contributed by atoms with Crippen molar-refractivity contribution in [1.29, 1.82) is 0 Å². The summed E-state index contributed by atoms with van der Waals surface area (Å²) in [4.78, 5) is 11.2. The molecule has 0 atom stereocenters. The Balaban J connectivity index is 1.68. The lowest BCUT2D eigenvalue weighted by Gasteiger charge is -2.10. The average molecular weight is 372 g/mol. The van der Waals surface area contributed by atoms with Crippen LogP contribution in [0.15, 0.2) is 39.1 Å². The first-order valence-electron chi connectivity index (χ1n) is 8.69. The summed E-state index contributed by atoms with van der Waals surface area (Å²) in [5.41, 5.74) is 3.05. The zero-order valence-corrected chi connectivity index (χ0v) is 16.5. The molecule has 0 saturated carbocycles. The molecule has 0 aliphatic rings. The van der Waals surface area contributed by atoms with Crippen LogP contribution in [0.4, 0.5) is 5.13 Å². The van der Waals surface area contributed by atoms with Crippen LogP contribution in [0, 0.1) is 6.92 Å². The molecule has 1 aromatic carbocycles. The van der Waals surface area contributed by atoms with E-state index in [2.05, 4.69) is 40.5 Å². The van der Waals surface area contributed by atoms with Crippen molar-refractivity contribution in [3.05, 3.63) is 46.7 Å². The van der Waals surface area contributed by atoms with Crippen LogP contribution in [0.1, 0.15) is 23.9 Å². The number of aliphatic imine (C=N–C) groups is 1. The van der Waals surface area contributed by atoms with Gasteiger partial charge in [-0.05, 0) is 19.9 Å². The molecule has 0 saturated heterocycles. The number of hydrogen-bond donors (Lipinski definition) is 2. The molecule has 0 amide bonds. The van der Waals surface area contributed by atoms with Crippen LogP contribution in [0.25, 0.3) is 11.0 Å². The van der Waals surface area contributed by atoms with Crippen molar-refractivity contribution in [3.63, 3.8) is 0 Å². The number of fused-ring (bicyclic) bond motifs is 1. The molecule has 3 aromatic rings. The molecule has 2 N–H and O–H groups in total. The molecule has 0 radical (unpaired) electrons. The highest BCUT2D eigenvalue weighted by Gasteiger charge is 2.10. The maximum atomic E-state index is 5.96. The molecule has 2 heterocycles. The Hall–Kier alpha value is -2.54. The van der Waals surface area contributed by atoms with Gasteiger partial charge in [-0.2, -0.15) is 0 Å². The number of aryl methyl sites for hydroxylation is 1. The van der Waals surface area contributed by atoms with E-state index in [1.54, 1.807) is 11.3 Å². The van der Waals surface area contributed by atoms with Gasteiger partial charge in [0.1, 0.15) is 11.3 Å². The van der Waals surface area contributed by atoms with E-state index in [1.165, 1.54) is 5.56 Å². The second-order valence-corrected chi connectivity index (χ2v) is 7.05. The number of thiazole rings is 1. The van der Waals surface area contributed by atoms with Gasteiger partial charge in [-0.25, -0.2) is 9.98 Å². The third-order valence-corrected chi connectivity index (χ3v) is 5.08. The number of anilines is 1. The summed E-state index contributed by atoms with van der Waals surface area (Å²) in [5, 5.41) is 10.8. The van der Waals surface area contributed by atoms with Crippen molar-refractivity contribution in [2.24, 2.45) is 4.99 Å². The van der Waals surface area contributed by atoms with Crippen molar-refractivity contribution >= 4 is 33.4 Å². The number of hydrogen-bond acceptors (Lipinski definition) is 5. The first-order chi connectivity index (χ1) is 12.6. The van der Waals surface area contributed by atoms with E-state index in [-0.39, 0.29) is 0 Å². The van der Waals surface area contributed by atoms with Crippen LogP contribution < -0.4 is 15.5 Å². The molecule has 0 aliphatic carbocycles. The van der Waals surface area contributed by atoms with Crippen molar-refractivity contribution in [3.8, 4) is 0 Å². The third kappa shape index (κ3) is 4.16. The Morgan fingerprint density at radius 2 is 2.08 bits per heavy atom. The predicted molar refractivity (Wildman–Crippen MR) is 109 cm³/mol. The minimum absolute atomic E-state index is 0.540. The van der Waals surface area contributed by atoms with E-state index in [1.807, 2.05) is 42.6 Å². The molecule has 2 aromatic heterocycles. The first-order valence-corrected chi connectivity index (χ1v) is 9.57. The summed E-state index contributed by atoms with van der Waals surface area (Å²) in [5.74, 6) is 1.69. The summed E-state index contributed by atoms with van der Waals surface area (Å²) >= 11 is 1.63. The fourth-order valence-electron chi connectivity index (χ4n) is 2.63. The van der Waals surface area contributed by atoms with E-state index in [4.69, 9.17) is 4.42 Å². The number of nitrogens with one attached hydrogen (secondary N) is 2. The highest BCUT2D eigenvalue weighted by Crippen LogP contribution is 2.24. The van der Waals surface area contributed by atoms with E-state index in [0.29, 0.717) is 13.1 Å². The number of nitrogens with zero attached hydrogens (tertiary/aromatic N) is 3. The van der Waals surface area contributed by atoms with Gasteiger partial charge in [0.25, 0.3) is 0 Å². The van der Waals surface area contributed by atoms with Crippen LogP contribution in [0.5, 0.6) is 0 Å². The molecule has 0 fully saturated rings. The molecular formula is C19H25N5OS. The van der Waals surface area contributed by atoms with Gasteiger partial charge < -0.3 is 20.0 Å². The monoisotopic (exact) mass is 371 g/mol. The van der Waals surface area contributed by atoms with Gasteiger partial charge in [-0.1, -0.05) is 18.2 Å². The summed E-state index contributed by atoms with van der Waals surface area (Å²) in [6, 6.07) is 8.10. The van der Waals surface area contributed by atoms with Crippen LogP contribution in [-0.4, -0.2) is 31.6 Å². The van der Waals surface area contributed by atoms with Gasteiger partial charge in [0.05, 0.1) is 18.8 Å². The van der Waals surface area contributed by atoms with Crippen molar-refractivity contribution in [2.75, 3.05) is 25.5 Å². The van der Waals surface area contributed by atoms with E-state index < -0.39 is 0 Å². The third-order valence-electron chi connectivity index (χ3n) is 4.02. The van der Waals surface area contributed by atoms with Crippen LogP contribution in [-0.2, 0) is 13.1 Å². The minimum Gasteiger partial charge on any atom is -0.459 e. The summed E-state index contributed by atoms with van der Waals surface area (Å²) in [7, 11) is 3.99. The topological polar surface area (TPSA) is 65.7 Å². The number of rotatable bonds is 6. The molecule has 0 aliphatic heterocycles. The Labute approximate surface area is 157 Å². The Kier molecular flexibility index (Phi) is 5.78. The minimum atomic E-state index is 0.540. The van der Waals surface area contributed by atoms with Crippen molar-refractivity contribution < 1.29 is 4.42 Å². The highest BCUT2D eigenvalue weighted by atomic mass is 32.1. The fourth-order valence-corrected chi connectivity index (χ4v) is 3.38. The number of guanidine groups is 1. The molecule has 7 heteroatoms. The highest BCUT2D eigenvalue weighted by molar-refractivity contribution is 7.13. The van der Waals surface area contributed by atoms with Gasteiger partial charge >= 0.3 is 0 Å². The Morgan fingerprint density at radius 3 is 2.77 bits per heavy atom. The fraction of sp³-hybridized carbons (Fsp3) is 0.368. The lowest BCUT2D eigenvalue weighted by atomic mass is 10.1. The summed E-state index contributed by atoms with van der Waals surface area (Å²) < 4.78 is 5.96. The average Bonchev–Trinajstić information content (AvgIpc) is 3.23. The first kappa shape index (κ1) is 18.3. The van der Waals surface area contributed by atoms with Gasteiger partial charge in [0.15, 0.2) is 11.1 Å². The normalized spacial score (nSPS) is 11.8. The smallest absolute Gasteiger partial charge is 0.192 e. The molecule has 26 heavy (non-hydrogen) atoms. The van der Waals surface area contributed by atoms with Gasteiger partial charge in [-0.15, -0.1) is 11.3 Å². The lowest BCUT2D eigenvalue weighted by Crippen LogP contribution is -2.36. The van der Waals surface area contributed by atoms with Gasteiger partial charge in [0, 0.05) is 37.0 Å². The summed E-state index contributed by atoms with van der Waals surface area (Å²) in [6.45, 7) is 6.07. The second-order valence-electron chi connectivity index (χ2n) is 6.21.